The summed E-state index contributed by atoms with van der Waals surface area (Å²) >= 11 is 5.98. The molecule has 0 unspecified atom stereocenters. The van der Waals surface area contributed by atoms with E-state index in [-0.39, 0.29) is 23.3 Å². The van der Waals surface area contributed by atoms with Crippen molar-refractivity contribution in [2.24, 2.45) is 0 Å². The molecule has 0 spiro atoms. The fourth-order valence-corrected chi connectivity index (χ4v) is 4.00. The summed E-state index contributed by atoms with van der Waals surface area (Å²) in [6.45, 7) is 0.0222. The van der Waals surface area contributed by atoms with Crippen LogP contribution >= 0.6 is 11.6 Å². The second kappa shape index (κ2) is 8.19. The summed E-state index contributed by atoms with van der Waals surface area (Å²) in [5.74, 6) is -0.638. The number of nitrogens with one attached hydrogen (secondary N) is 1. The molecule has 0 radical (unpaired) electrons. The average Bonchev–Trinajstić information content (AvgIpc) is 2.65. The number of anilines is 1. The summed E-state index contributed by atoms with van der Waals surface area (Å²) in [4.78, 5) is 27.3. The first-order valence-corrected chi connectivity index (χ1v) is 9.36. The average molecular weight is 389 g/mol. The van der Waals surface area contributed by atoms with Crippen molar-refractivity contribution in [2.75, 3.05) is 18.9 Å². The Labute approximate surface area is 163 Å². The number of rotatable bonds is 5. The van der Waals surface area contributed by atoms with Gasteiger partial charge in [-0.1, -0.05) is 48.4 Å². The van der Waals surface area contributed by atoms with E-state index in [4.69, 9.17) is 11.6 Å². The Bertz CT molecular complexity index is 843. The van der Waals surface area contributed by atoms with E-state index >= 15 is 0 Å². The molecule has 27 heavy (non-hydrogen) atoms. The molecule has 4 nitrogen and oxygen atoms in total. The van der Waals surface area contributed by atoms with Crippen molar-refractivity contribution < 1.29 is 14.0 Å². The second-order valence-corrected chi connectivity index (χ2v) is 7.29. The number of nitrogens with zero attached hydrogens (tertiary/aromatic N) is 1. The summed E-state index contributed by atoms with van der Waals surface area (Å²) in [6.07, 6.45) is 2.98. The molecule has 1 aliphatic rings. The lowest BCUT2D eigenvalue weighted by atomic mass is 9.74. The zero-order valence-electron chi connectivity index (χ0n) is 15.2. The summed E-state index contributed by atoms with van der Waals surface area (Å²) < 4.78 is 13.2. The molecule has 2 aromatic carbocycles. The Morgan fingerprint density at radius 1 is 1.22 bits per heavy atom. The second-order valence-electron chi connectivity index (χ2n) is 6.88. The van der Waals surface area contributed by atoms with Gasteiger partial charge in [-0.15, -0.1) is 0 Å². The van der Waals surface area contributed by atoms with Crippen LogP contribution in [0.1, 0.15) is 31.2 Å². The molecule has 0 saturated heterocycles. The Hall–Kier alpha value is -2.24. The van der Waals surface area contributed by atoms with Crippen LogP contribution in [-0.2, 0) is 15.1 Å². The highest BCUT2D eigenvalue weighted by molar-refractivity contribution is 6.33. The highest BCUT2D eigenvalue weighted by Crippen LogP contribution is 2.39. The molecule has 0 aliphatic heterocycles. The maximum Gasteiger partial charge on any atom is 0.238 e. The smallest absolute Gasteiger partial charge is 0.238 e. The lowest BCUT2D eigenvalue weighted by Gasteiger charge is -2.43. The number of halogens is 2. The van der Waals surface area contributed by atoms with Gasteiger partial charge in [-0.2, -0.15) is 0 Å². The number of hydrogen-bond donors (Lipinski definition) is 1. The maximum absolute atomic E-state index is 13.2. The highest BCUT2D eigenvalue weighted by Gasteiger charge is 2.45. The monoisotopic (exact) mass is 388 g/mol. The molecule has 142 valence electrons. The molecule has 1 amide bonds. The van der Waals surface area contributed by atoms with Crippen molar-refractivity contribution in [3.05, 3.63) is 64.9 Å². The van der Waals surface area contributed by atoms with Gasteiger partial charge < -0.3 is 5.32 Å². The van der Waals surface area contributed by atoms with E-state index in [0.29, 0.717) is 18.5 Å². The van der Waals surface area contributed by atoms with Crippen LogP contribution in [0, 0.1) is 5.82 Å². The quantitative estimate of drug-likeness (QED) is 0.826. The number of benzene rings is 2. The van der Waals surface area contributed by atoms with Gasteiger partial charge in [-0.3, -0.25) is 14.5 Å². The molecule has 0 aromatic heterocycles. The van der Waals surface area contributed by atoms with Gasteiger partial charge >= 0.3 is 0 Å². The minimum absolute atomic E-state index is 0.0222. The summed E-state index contributed by atoms with van der Waals surface area (Å²) in [5.41, 5.74) is 0.452. The third kappa shape index (κ3) is 4.04. The predicted molar refractivity (Wildman–Crippen MR) is 104 cm³/mol. The Morgan fingerprint density at radius 3 is 2.63 bits per heavy atom. The number of carbonyl (C=O) groups is 2. The third-order valence-corrected chi connectivity index (χ3v) is 5.46. The topological polar surface area (TPSA) is 49.4 Å². The summed E-state index contributed by atoms with van der Waals surface area (Å²) in [7, 11) is 1.79. The van der Waals surface area contributed by atoms with Gasteiger partial charge in [-0.25, -0.2) is 4.39 Å². The number of hydrogen-bond acceptors (Lipinski definition) is 3. The highest BCUT2D eigenvalue weighted by atomic mass is 35.5. The van der Waals surface area contributed by atoms with Crippen LogP contribution in [0.5, 0.6) is 0 Å². The molecule has 1 aliphatic carbocycles. The standard InChI is InChI=1S/C21H22ClFN2O2/c1-25(14-20(27)24-18-11-10-16(23)13-17(18)22)21(12-6-5-9-19(21)26)15-7-3-2-4-8-15/h2-4,7-8,10-11,13H,5-6,9,12,14H2,1H3,(H,24,27)/t21-/m0/s1. The fourth-order valence-electron chi connectivity index (χ4n) is 3.79. The van der Waals surface area contributed by atoms with Crippen molar-refractivity contribution in [2.45, 2.75) is 31.2 Å². The van der Waals surface area contributed by atoms with Gasteiger partial charge in [0.15, 0.2) is 5.78 Å². The molecular formula is C21H22ClFN2O2. The Balaban J connectivity index is 1.81. The predicted octanol–water partition coefficient (Wildman–Crippen LogP) is 4.39. The summed E-state index contributed by atoms with van der Waals surface area (Å²) in [5, 5.41) is 2.84. The van der Waals surface area contributed by atoms with Crippen LogP contribution < -0.4 is 5.32 Å². The van der Waals surface area contributed by atoms with Crippen LogP contribution in [0.3, 0.4) is 0 Å². The van der Waals surface area contributed by atoms with E-state index < -0.39 is 11.4 Å². The number of amides is 1. The maximum atomic E-state index is 13.2. The van der Waals surface area contributed by atoms with E-state index in [1.165, 1.54) is 12.1 Å². The van der Waals surface area contributed by atoms with Crippen LogP contribution in [-0.4, -0.2) is 30.2 Å². The van der Waals surface area contributed by atoms with Gasteiger partial charge in [-0.05, 0) is 43.7 Å². The fraction of sp³-hybridized carbons (Fsp3) is 0.333. The van der Waals surface area contributed by atoms with Crippen LogP contribution in [0.2, 0.25) is 5.02 Å². The van der Waals surface area contributed by atoms with E-state index in [9.17, 15) is 14.0 Å². The molecule has 1 N–H and O–H groups in total. The summed E-state index contributed by atoms with van der Waals surface area (Å²) in [6, 6.07) is 13.4. The first-order valence-electron chi connectivity index (χ1n) is 8.98. The van der Waals surface area contributed by atoms with Crippen LogP contribution in [0.4, 0.5) is 10.1 Å². The van der Waals surface area contributed by atoms with Crippen molar-refractivity contribution >= 4 is 29.0 Å². The van der Waals surface area contributed by atoms with E-state index in [1.54, 1.807) is 7.05 Å². The first-order chi connectivity index (χ1) is 12.9. The molecule has 1 fully saturated rings. The van der Waals surface area contributed by atoms with Gasteiger partial charge in [0, 0.05) is 6.42 Å². The molecule has 3 rings (SSSR count). The van der Waals surface area contributed by atoms with Gasteiger partial charge in [0.25, 0.3) is 0 Å². The van der Waals surface area contributed by atoms with Crippen LogP contribution in [0.15, 0.2) is 48.5 Å². The zero-order valence-corrected chi connectivity index (χ0v) is 15.9. The largest absolute Gasteiger partial charge is 0.324 e. The van der Waals surface area contributed by atoms with Crippen molar-refractivity contribution in [3.8, 4) is 0 Å². The van der Waals surface area contributed by atoms with Crippen molar-refractivity contribution in [3.63, 3.8) is 0 Å². The lowest BCUT2D eigenvalue weighted by Crippen LogP contribution is -2.53. The lowest BCUT2D eigenvalue weighted by molar-refractivity contribution is -0.135. The van der Waals surface area contributed by atoms with E-state index in [1.807, 2.05) is 35.2 Å². The number of carbonyl (C=O) groups excluding carboxylic acids is 2. The molecule has 6 heteroatoms. The number of ketones is 1. The van der Waals surface area contributed by atoms with Crippen molar-refractivity contribution in [1.29, 1.82) is 0 Å². The molecule has 2 aromatic rings. The molecule has 0 bridgehead atoms. The minimum Gasteiger partial charge on any atom is -0.324 e. The van der Waals surface area contributed by atoms with Gasteiger partial charge in [0.05, 0.1) is 17.3 Å². The molecule has 1 atom stereocenters. The Morgan fingerprint density at radius 2 is 1.96 bits per heavy atom. The number of likely N-dealkylation sites (N-methyl/N-ethyl adjacent to an activating group) is 1. The molecule has 0 heterocycles. The SMILES string of the molecule is CN(CC(=O)Nc1ccc(F)cc1Cl)[C@]1(c2ccccc2)CCCCC1=O. The van der Waals surface area contributed by atoms with Crippen LogP contribution in [0.25, 0.3) is 0 Å². The van der Waals surface area contributed by atoms with E-state index in [0.717, 1.165) is 24.5 Å². The van der Waals surface area contributed by atoms with Gasteiger partial charge in [0.1, 0.15) is 11.4 Å². The van der Waals surface area contributed by atoms with E-state index in [2.05, 4.69) is 5.32 Å². The molecule has 1 saturated carbocycles. The van der Waals surface area contributed by atoms with Crippen molar-refractivity contribution in [1.82, 2.24) is 4.90 Å². The molecular weight excluding hydrogens is 367 g/mol. The normalized spacial score (nSPS) is 19.9. The Kier molecular flexibility index (Phi) is 5.92. The minimum atomic E-state index is -0.802. The number of Topliss-reactive ketones (excluding diaryl/α,β-unsaturated/α-hetero) is 1. The van der Waals surface area contributed by atoms with Gasteiger partial charge in [0.2, 0.25) is 5.91 Å². The zero-order chi connectivity index (χ0) is 19.4. The third-order valence-electron chi connectivity index (χ3n) is 5.14. The first kappa shape index (κ1) is 19.5.